The Morgan fingerprint density at radius 1 is 1.36 bits per heavy atom. The van der Waals surface area contributed by atoms with Crippen molar-refractivity contribution in [1.82, 2.24) is 9.71 Å². The van der Waals surface area contributed by atoms with Crippen molar-refractivity contribution in [1.29, 1.82) is 0 Å². The Hall–Kier alpha value is -0.940. The van der Waals surface area contributed by atoms with Gasteiger partial charge in [-0.1, -0.05) is 6.07 Å². The predicted octanol–water partition coefficient (Wildman–Crippen LogP) is 0.866. The molecule has 4 nitrogen and oxygen atoms in total. The third-order valence-electron chi connectivity index (χ3n) is 1.75. The summed E-state index contributed by atoms with van der Waals surface area (Å²) in [4.78, 5) is 4.11. The van der Waals surface area contributed by atoms with E-state index in [0.29, 0.717) is 5.69 Å². The molecule has 0 aromatic carbocycles. The molecule has 0 aliphatic rings. The minimum absolute atomic E-state index is 0.672. The van der Waals surface area contributed by atoms with Gasteiger partial charge in [0.25, 0.3) is 0 Å². The van der Waals surface area contributed by atoms with Gasteiger partial charge in [0, 0.05) is 6.20 Å². The molecule has 1 aromatic rings. The molecular weight excluding hydrogens is 200 g/mol. The second-order valence-corrected chi connectivity index (χ2v) is 5.46. The van der Waals surface area contributed by atoms with Gasteiger partial charge in [0.1, 0.15) is 0 Å². The molecule has 1 rings (SSSR count). The summed E-state index contributed by atoms with van der Waals surface area (Å²) in [7, 11) is -3.22. The Bertz CT molecular complexity index is 398. The zero-order chi connectivity index (χ0) is 10.8. The fourth-order valence-corrected chi connectivity index (χ4v) is 2.28. The van der Waals surface area contributed by atoms with Crippen molar-refractivity contribution in [2.24, 2.45) is 0 Å². The van der Waals surface area contributed by atoms with Crippen LogP contribution in [0, 0.1) is 0 Å². The molecular formula is C9H14N2O2S. The monoisotopic (exact) mass is 214 g/mol. The average molecular weight is 214 g/mol. The normalized spacial score (nSPS) is 12.8. The molecule has 0 saturated carbocycles. The zero-order valence-electron chi connectivity index (χ0n) is 8.48. The maximum atomic E-state index is 11.1. The van der Waals surface area contributed by atoms with Crippen LogP contribution in [-0.2, 0) is 15.6 Å². The SMILES string of the molecule is CC(C)(NS(C)(=O)=O)c1ccccn1. The Morgan fingerprint density at radius 3 is 2.43 bits per heavy atom. The molecule has 0 fully saturated rings. The van der Waals surface area contributed by atoms with Crippen LogP contribution in [0.3, 0.4) is 0 Å². The van der Waals surface area contributed by atoms with Crippen LogP contribution in [0.2, 0.25) is 0 Å². The third-order valence-corrected chi connectivity index (χ3v) is 2.63. The number of pyridine rings is 1. The van der Waals surface area contributed by atoms with Crippen molar-refractivity contribution in [2.45, 2.75) is 19.4 Å². The van der Waals surface area contributed by atoms with Crippen molar-refractivity contribution >= 4 is 10.0 Å². The zero-order valence-corrected chi connectivity index (χ0v) is 9.30. The van der Waals surface area contributed by atoms with Gasteiger partial charge in [0.05, 0.1) is 17.5 Å². The number of hydrogen-bond acceptors (Lipinski definition) is 3. The first-order chi connectivity index (χ1) is 6.31. The minimum Gasteiger partial charge on any atom is -0.259 e. The van der Waals surface area contributed by atoms with E-state index >= 15 is 0 Å². The van der Waals surface area contributed by atoms with Gasteiger partial charge in [0.15, 0.2) is 0 Å². The summed E-state index contributed by atoms with van der Waals surface area (Å²) in [6, 6.07) is 5.41. The first kappa shape index (κ1) is 11.1. The van der Waals surface area contributed by atoms with Gasteiger partial charge in [0.2, 0.25) is 10.0 Å². The molecule has 0 atom stereocenters. The number of nitrogens with one attached hydrogen (secondary N) is 1. The van der Waals surface area contributed by atoms with Crippen LogP contribution in [0.15, 0.2) is 24.4 Å². The molecule has 1 aromatic heterocycles. The first-order valence-corrected chi connectivity index (χ1v) is 6.11. The molecule has 1 heterocycles. The van der Waals surface area contributed by atoms with Crippen molar-refractivity contribution < 1.29 is 8.42 Å². The Labute approximate surface area is 84.4 Å². The third kappa shape index (κ3) is 3.08. The van der Waals surface area contributed by atoms with Crippen LogP contribution in [0.25, 0.3) is 0 Å². The molecule has 0 unspecified atom stereocenters. The maximum Gasteiger partial charge on any atom is 0.209 e. The summed E-state index contributed by atoms with van der Waals surface area (Å²) in [5, 5.41) is 0. The summed E-state index contributed by atoms with van der Waals surface area (Å²) in [5.74, 6) is 0. The van der Waals surface area contributed by atoms with E-state index in [2.05, 4.69) is 9.71 Å². The standard InChI is InChI=1S/C9H14N2O2S/c1-9(2,11-14(3,12)13)8-6-4-5-7-10-8/h4-7,11H,1-3H3. The Kier molecular flexibility index (Phi) is 2.92. The van der Waals surface area contributed by atoms with Crippen LogP contribution in [0.4, 0.5) is 0 Å². The topological polar surface area (TPSA) is 59.1 Å². The van der Waals surface area contributed by atoms with Gasteiger partial charge < -0.3 is 0 Å². The van der Waals surface area contributed by atoms with E-state index in [9.17, 15) is 8.42 Å². The highest BCUT2D eigenvalue weighted by Crippen LogP contribution is 2.17. The highest BCUT2D eigenvalue weighted by molar-refractivity contribution is 7.88. The smallest absolute Gasteiger partial charge is 0.209 e. The molecule has 0 amide bonds. The summed E-state index contributed by atoms with van der Waals surface area (Å²) in [5.41, 5.74) is 0.0277. The van der Waals surface area contributed by atoms with Gasteiger partial charge in [-0.2, -0.15) is 0 Å². The van der Waals surface area contributed by atoms with E-state index in [4.69, 9.17) is 0 Å². The summed E-state index contributed by atoms with van der Waals surface area (Å²) in [6.45, 7) is 3.55. The molecule has 0 saturated heterocycles. The second-order valence-electron chi connectivity index (χ2n) is 3.71. The summed E-state index contributed by atoms with van der Waals surface area (Å²) < 4.78 is 24.7. The van der Waals surface area contributed by atoms with E-state index in [1.54, 1.807) is 32.2 Å². The Balaban J connectivity index is 2.97. The number of aromatic nitrogens is 1. The molecule has 78 valence electrons. The van der Waals surface area contributed by atoms with Crippen LogP contribution >= 0.6 is 0 Å². The number of hydrogen-bond donors (Lipinski definition) is 1. The molecule has 14 heavy (non-hydrogen) atoms. The van der Waals surface area contributed by atoms with Crippen molar-refractivity contribution in [3.8, 4) is 0 Å². The van der Waals surface area contributed by atoms with E-state index in [0.717, 1.165) is 6.26 Å². The summed E-state index contributed by atoms with van der Waals surface area (Å²) in [6.07, 6.45) is 2.78. The molecule has 0 bridgehead atoms. The molecule has 0 radical (unpaired) electrons. The predicted molar refractivity (Wildman–Crippen MR) is 55.2 cm³/mol. The first-order valence-electron chi connectivity index (χ1n) is 4.22. The van der Waals surface area contributed by atoms with Gasteiger partial charge >= 0.3 is 0 Å². The van der Waals surface area contributed by atoms with E-state index < -0.39 is 15.6 Å². The van der Waals surface area contributed by atoms with E-state index in [-0.39, 0.29) is 0 Å². The molecule has 5 heteroatoms. The quantitative estimate of drug-likeness (QED) is 0.812. The van der Waals surface area contributed by atoms with Gasteiger partial charge in [-0.25, -0.2) is 13.1 Å². The lowest BCUT2D eigenvalue weighted by Crippen LogP contribution is -2.40. The van der Waals surface area contributed by atoms with Crippen molar-refractivity contribution in [3.05, 3.63) is 30.1 Å². The lowest BCUT2D eigenvalue weighted by molar-refractivity contribution is 0.462. The second kappa shape index (κ2) is 3.67. The van der Waals surface area contributed by atoms with Crippen LogP contribution < -0.4 is 4.72 Å². The molecule has 0 spiro atoms. The largest absolute Gasteiger partial charge is 0.259 e. The van der Waals surface area contributed by atoms with Crippen LogP contribution in [0.5, 0.6) is 0 Å². The average Bonchev–Trinajstić information content (AvgIpc) is 2.01. The lowest BCUT2D eigenvalue weighted by Gasteiger charge is -2.24. The highest BCUT2D eigenvalue weighted by Gasteiger charge is 2.25. The number of sulfonamides is 1. The van der Waals surface area contributed by atoms with Crippen LogP contribution in [-0.4, -0.2) is 19.7 Å². The van der Waals surface area contributed by atoms with E-state index in [1.165, 1.54) is 0 Å². The molecule has 0 aliphatic carbocycles. The van der Waals surface area contributed by atoms with Gasteiger partial charge in [-0.15, -0.1) is 0 Å². The lowest BCUT2D eigenvalue weighted by atomic mass is 10.0. The molecule has 0 aliphatic heterocycles. The number of nitrogens with zero attached hydrogens (tertiary/aromatic N) is 1. The van der Waals surface area contributed by atoms with Crippen molar-refractivity contribution in [2.75, 3.05) is 6.26 Å². The number of rotatable bonds is 3. The molecule has 1 N–H and O–H groups in total. The van der Waals surface area contributed by atoms with Gasteiger partial charge in [-0.05, 0) is 26.0 Å². The van der Waals surface area contributed by atoms with Crippen LogP contribution in [0.1, 0.15) is 19.5 Å². The Morgan fingerprint density at radius 2 is 2.00 bits per heavy atom. The maximum absolute atomic E-state index is 11.1. The highest BCUT2D eigenvalue weighted by atomic mass is 32.2. The summed E-state index contributed by atoms with van der Waals surface area (Å²) >= 11 is 0. The fraction of sp³-hybridized carbons (Fsp3) is 0.444. The van der Waals surface area contributed by atoms with Crippen molar-refractivity contribution in [3.63, 3.8) is 0 Å². The van der Waals surface area contributed by atoms with Gasteiger partial charge in [-0.3, -0.25) is 4.98 Å². The van der Waals surface area contributed by atoms with E-state index in [1.807, 2.05) is 6.07 Å². The minimum atomic E-state index is -3.22. The fourth-order valence-electron chi connectivity index (χ4n) is 1.25.